The van der Waals surface area contributed by atoms with Crippen molar-refractivity contribution in [1.29, 1.82) is 0 Å². The Bertz CT molecular complexity index is 448. The summed E-state index contributed by atoms with van der Waals surface area (Å²) in [5.41, 5.74) is 1.30. The first-order chi connectivity index (χ1) is 10.4. The number of hydrogen-bond acceptors (Lipinski definition) is 4. The monoisotopic (exact) mass is 343 g/mol. The van der Waals surface area contributed by atoms with Crippen molar-refractivity contribution >= 4 is 0 Å². The van der Waals surface area contributed by atoms with Gasteiger partial charge in [0.1, 0.15) is 18.5 Å². The summed E-state index contributed by atoms with van der Waals surface area (Å²) in [5.74, 6) is 1.33. The number of morpholine rings is 1. The first kappa shape index (κ1) is 20.2. The Morgan fingerprint density at radius 2 is 1.78 bits per heavy atom. The lowest BCUT2D eigenvalue weighted by Crippen LogP contribution is -3.00. The molecule has 0 spiro atoms. The highest BCUT2D eigenvalue weighted by atomic mass is 35.5. The lowest BCUT2D eigenvalue weighted by Gasteiger charge is -2.36. The molecule has 0 aliphatic carbocycles. The van der Waals surface area contributed by atoms with Crippen LogP contribution in [0.5, 0.6) is 5.75 Å². The maximum atomic E-state index is 10.2. The van der Waals surface area contributed by atoms with Gasteiger partial charge in [-0.3, -0.25) is 4.90 Å². The fourth-order valence-corrected chi connectivity index (χ4v) is 2.93. The van der Waals surface area contributed by atoms with Gasteiger partial charge in [0.25, 0.3) is 0 Å². The van der Waals surface area contributed by atoms with Crippen molar-refractivity contribution in [3.8, 4) is 5.75 Å². The molecule has 5 heteroatoms. The molecular weight excluding hydrogens is 314 g/mol. The molecule has 23 heavy (non-hydrogen) atoms. The molecule has 1 aromatic carbocycles. The van der Waals surface area contributed by atoms with Crippen molar-refractivity contribution < 1.29 is 28.4 Å². The molecule has 1 N–H and O–H groups in total. The number of halogens is 1. The van der Waals surface area contributed by atoms with Crippen LogP contribution in [0.25, 0.3) is 0 Å². The van der Waals surface area contributed by atoms with Gasteiger partial charge in [0.05, 0.1) is 12.2 Å². The van der Waals surface area contributed by atoms with E-state index in [-0.39, 0.29) is 26.0 Å². The van der Waals surface area contributed by atoms with Crippen LogP contribution in [-0.4, -0.2) is 54.6 Å². The zero-order valence-electron chi connectivity index (χ0n) is 15.5. The number of aliphatic hydroxyl groups excluding tert-OH is 1. The average Bonchev–Trinajstić information content (AvgIpc) is 2.44. The van der Waals surface area contributed by atoms with Gasteiger partial charge in [0.2, 0.25) is 0 Å². The molecule has 132 valence electrons. The van der Waals surface area contributed by atoms with Crippen molar-refractivity contribution in [3.63, 3.8) is 0 Å². The fraction of sp³-hybridized carbons (Fsp3) is 0.667. The molecule has 1 fully saturated rings. The van der Waals surface area contributed by atoms with E-state index >= 15 is 0 Å². The van der Waals surface area contributed by atoms with Gasteiger partial charge in [0, 0.05) is 19.6 Å². The summed E-state index contributed by atoms with van der Waals surface area (Å²) < 4.78 is 11.4. The van der Waals surface area contributed by atoms with E-state index in [9.17, 15) is 5.11 Å². The van der Waals surface area contributed by atoms with Gasteiger partial charge >= 0.3 is 1.43 Å². The summed E-state index contributed by atoms with van der Waals surface area (Å²) in [6, 6.07) is 8.11. The molecule has 0 amide bonds. The number of benzene rings is 1. The average molecular weight is 344 g/mol. The SMILES string of the molecule is CC1CN(CC(O)COc2ccc(C(C)C)cc2)CC(C)O1.[Cl-].[H+]. The first-order valence-corrected chi connectivity index (χ1v) is 8.22. The van der Waals surface area contributed by atoms with Crippen LogP contribution in [0.15, 0.2) is 24.3 Å². The molecule has 1 aliphatic heterocycles. The zero-order valence-corrected chi connectivity index (χ0v) is 15.3. The van der Waals surface area contributed by atoms with Crippen molar-refractivity contribution in [3.05, 3.63) is 29.8 Å². The minimum atomic E-state index is -0.484. The highest BCUT2D eigenvalue weighted by molar-refractivity contribution is 5.28. The molecule has 0 saturated carbocycles. The third-order valence-corrected chi connectivity index (χ3v) is 3.95. The summed E-state index contributed by atoms with van der Waals surface area (Å²) in [6.07, 6.45) is -0.0387. The number of nitrogens with zero attached hydrogens (tertiary/aromatic N) is 1. The smallest absolute Gasteiger partial charge is 1.00 e. The molecule has 1 aromatic rings. The zero-order chi connectivity index (χ0) is 16.1. The fourth-order valence-electron chi connectivity index (χ4n) is 2.93. The number of hydrogen-bond donors (Lipinski definition) is 1. The summed E-state index contributed by atoms with van der Waals surface area (Å²) >= 11 is 0. The largest absolute Gasteiger partial charge is 1.00 e. The molecule has 0 radical (unpaired) electrons. The molecule has 3 atom stereocenters. The van der Waals surface area contributed by atoms with Gasteiger partial charge in [-0.25, -0.2) is 0 Å². The Kier molecular flexibility index (Phi) is 8.34. The molecule has 1 saturated heterocycles. The van der Waals surface area contributed by atoms with E-state index in [0.29, 0.717) is 19.1 Å². The predicted molar refractivity (Wildman–Crippen MR) is 89.6 cm³/mol. The summed E-state index contributed by atoms with van der Waals surface area (Å²) in [7, 11) is 0. The van der Waals surface area contributed by atoms with Crippen molar-refractivity contribution in [2.45, 2.75) is 51.9 Å². The van der Waals surface area contributed by atoms with Crippen LogP contribution in [0.3, 0.4) is 0 Å². The second-order valence-electron chi connectivity index (χ2n) is 6.66. The lowest BCUT2D eigenvalue weighted by atomic mass is 10.0. The van der Waals surface area contributed by atoms with Crippen molar-refractivity contribution in [2.75, 3.05) is 26.2 Å². The highest BCUT2D eigenvalue weighted by Gasteiger charge is 2.23. The number of β-amino-alcohol motifs (C(OH)–C–C–N with tert-alkyl or cyclic N) is 1. The standard InChI is InChI=1S/C18H29NO3.ClH/c1-13(2)16-5-7-18(8-6-16)21-12-17(20)11-19-9-14(3)22-15(4)10-19;/h5-8,13-15,17,20H,9-12H2,1-4H3;1H. The Morgan fingerprint density at radius 1 is 1.22 bits per heavy atom. The topological polar surface area (TPSA) is 41.9 Å². The van der Waals surface area contributed by atoms with Gasteiger partial charge in [-0.15, -0.1) is 0 Å². The number of aliphatic hydroxyl groups is 1. The second kappa shape index (κ2) is 9.48. The van der Waals surface area contributed by atoms with E-state index in [1.54, 1.807) is 0 Å². The van der Waals surface area contributed by atoms with E-state index in [1.165, 1.54) is 5.56 Å². The van der Waals surface area contributed by atoms with Crippen LogP contribution >= 0.6 is 0 Å². The molecule has 2 rings (SSSR count). The minimum absolute atomic E-state index is 0. The molecule has 4 nitrogen and oxygen atoms in total. The third kappa shape index (κ3) is 6.68. The Morgan fingerprint density at radius 3 is 2.30 bits per heavy atom. The van der Waals surface area contributed by atoms with E-state index in [4.69, 9.17) is 9.47 Å². The van der Waals surface area contributed by atoms with Gasteiger partial charge < -0.3 is 27.0 Å². The molecule has 0 aromatic heterocycles. The van der Waals surface area contributed by atoms with Crippen LogP contribution in [0.2, 0.25) is 0 Å². The predicted octanol–water partition coefficient (Wildman–Crippen LogP) is -0.225. The summed E-state index contributed by atoms with van der Waals surface area (Å²) in [5, 5.41) is 10.2. The van der Waals surface area contributed by atoms with Gasteiger partial charge in [-0.2, -0.15) is 0 Å². The van der Waals surface area contributed by atoms with Crippen molar-refractivity contribution in [2.24, 2.45) is 0 Å². The maximum Gasteiger partial charge on any atom is 1.00 e. The molecule has 1 aliphatic rings. The van der Waals surface area contributed by atoms with Crippen LogP contribution in [0, 0.1) is 0 Å². The van der Waals surface area contributed by atoms with E-state index < -0.39 is 6.10 Å². The number of rotatable bonds is 6. The Hall–Kier alpha value is -0.810. The third-order valence-electron chi connectivity index (χ3n) is 3.95. The van der Waals surface area contributed by atoms with Crippen molar-refractivity contribution in [1.82, 2.24) is 4.90 Å². The van der Waals surface area contributed by atoms with Gasteiger partial charge in [-0.1, -0.05) is 26.0 Å². The first-order valence-electron chi connectivity index (χ1n) is 8.22. The van der Waals surface area contributed by atoms with Crippen LogP contribution < -0.4 is 17.1 Å². The summed E-state index contributed by atoms with van der Waals surface area (Å²) in [4.78, 5) is 2.24. The van der Waals surface area contributed by atoms with Crippen LogP contribution in [-0.2, 0) is 4.74 Å². The molecule has 1 heterocycles. The van der Waals surface area contributed by atoms with Gasteiger partial charge in [0.15, 0.2) is 0 Å². The van der Waals surface area contributed by atoms with E-state index in [2.05, 4.69) is 44.7 Å². The van der Waals surface area contributed by atoms with E-state index in [1.807, 2.05) is 12.1 Å². The molecule has 3 unspecified atom stereocenters. The van der Waals surface area contributed by atoms with E-state index in [0.717, 1.165) is 18.8 Å². The van der Waals surface area contributed by atoms with Crippen LogP contribution in [0.4, 0.5) is 0 Å². The number of ether oxygens (including phenoxy) is 2. The van der Waals surface area contributed by atoms with Gasteiger partial charge in [-0.05, 0) is 37.5 Å². The van der Waals surface area contributed by atoms with Crippen LogP contribution in [0.1, 0.15) is 40.6 Å². The maximum absolute atomic E-state index is 10.2. The normalized spacial score (nSPS) is 23.4. The minimum Gasteiger partial charge on any atom is -1.00 e. The summed E-state index contributed by atoms with van der Waals surface area (Å²) in [6.45, 7) is 11.2. The Balaban J connectivity index is 0.00000264. The second-order valence-corrected chi connectivity index (χ2v) is 6.66. The Labute approximate surface area is 147 Å². The molecule has 0 bridgehead atoms. The highest BCUT2D eigenvalue weighted by Crippen LogP contribution is 2.19. The molecular formula is C18H30ClNO3. The quantitative estimate of drug-likeness (QED) is 0.775. The lowest BCUT2D eigenvalue weighted by molar-refractivity contribution is -0.0786.